The maximum atomic E-state index is 12.0. The zero-order chi connectivity index (χ0) is 16.1. The third-order valence-electron chi connectivity index (χ3n) is 3.40. The first kappa shape index (κ1) is 16.2. The number of aromatic nitrogens is 2. The molecule has 2 N–H and O–H groups in total. The first-order valence-electron chi connectivity index (χ1n) is 7.17. The molecule has 7 nitrogen and oxygen atoms in total. The van der Waals surface area contributed by atoms with Crippen molar-refractivity contribution in [3.8, 4) is 0 Å². The van der Waals surface area contributed by atoms with Gasteiger partial charge in [0, 0.05) is 25.3 Å². The molecule has 1 aliphatic rings. The molecule has 1 aromatic carbocycles. The topological polar surface area (TPSA) is 79.4 Å². The van der Waals surface area contributed by atoms with E-state index in [0.717, 1.165) is 37.6 Å². The van der Waals surface area contributed by atoms with E-state index < -0.39 is 0 Å². The first-order chi connectivity index (χ1) is 11.2. The quantitative estimate of drug-likeness (QED) is 0.827. The fourth-order valence-corrected chi connectivity index (χ4v) is 3.35. The summed E-state index contributed by atoms with van der Waals surface area (Å²) in [4.78, 5) is 14.2. The molecule has 0 spiro atoms. The average Bonchev–Trinajstić information content (AvgIpc) is 2.99. The molecule has 23 heavy (non-hydrogen) atoms. The van der Waals surface area contributed by atoms with Gasteiger partial charge in [0.05, 0.1) is 13.2 Å². The molecule has 1 aromatic heterocycles. The number of urea groups is 1. The Kier molecular flexibility index (Phi) is 5.42. The Hall–Kier alpha value is -1.71. The molecule has 0 aliphatic carbocycles. The van der Waals surface area contributed by atoms with Crippen LogP contribution in [0.15, 0.2) is 28.2 Å². The summed E-state index contributed by atoms with van der Waals surface area (Å²) in [5.74, 6) is 0. The number of ether oxygens (including phenoxy) is 1. The van der Waals surface area contributed by atoms with Crippen LogP contribution < -0.4 is 15.5 Å². The molecule has 9 heteroatoms. The molecule has 0 saturated carbocycles. The zero-order valence-corrected chi connectivity index (χ0v) is 14.7. The van der Waals surface area contributed by atoms with Crippen LogP contribution in [-0.4, -0.2) is 42.5 Å². The first-order valence-corrected chi connectivity index (χ1v) is 8.78. The second kappa shape index (κ2) is 7.71. The minimum Gasteiger partial charge on any atom is -0.378 e. The number of anilines is 2. The average molecular weight is 398 g/mol. The minimum absolute atomic E-state index is 0.301. The number of nitrogens with one attached hydrogen (secondary N) is 2. The van der Waals surface area contributed by atoms with Gasteiger partial charge in [0.2, 0.25) is 5.13 Å². The number of para-hydroxylation sites is 1. The standard InChI is InChI=1S/C14H16BrN5O2S/c15-12-18-19-14(23-12)17-13(21)16-9-10-3-1-2-4-11(10)20-5-7-22-8-6-20/h1-4H,5-9H2,(H2,16,17,19,21). The number of nitrogens with zero attached hydrogens (tertiary/aromatic N) is 3. The highest BCUT2D eigenvalue weighted by Crippen LogP contribution is 2.22. The fraction of sp³-hybridized carbons (Fsp3) is 0.357. The van der Waals surface area contributed by atoms with E-state index in [2.05, 4.69) is 47.7 Å². The van der Waals surface area contributed by atoms with Gasteiger partial charge in [-0.15, -0.1) is 10.2 Å². The molecule has 1 saturated heterocycles. The molecule has 0 radical (unpaired) electrons. The molecule has 0 bridgehead atoms. The monoisotopic (exact) mass is 397 g/mol. The van der Waals surface area contributed by atoms with Crippen LogP contribution in [0.3, 0.4) is 0 Å². The van der Waals surface area contributed by atoms with Crippen molar-refractivity contribution in [2.75, 3.05) is 36.5 Å². The number of halogens is 1. The van der Waals surface area contributed by atoms with Gasteiger partial charge in [-0.1, -0.05) is 29.5 Å². The Morgan fingerprint density at radius 3 is 2.83 bits per heavy atom. The maximum absolute atomic E-state index is 12.0. The number of hydrogen-bond acceptors (Lipinski definition) is 6. The second-order valence-electron chi connectivity index (χ2n) is 4.90. The molecule has 0 unspecified atom stereocenters. The van der Waals surface area contributed by atoms with Crippen LogP contribution in [0.4, 0.5) is 15.6 Å². The van der Waals surface area contributed by atoms with Crippen LogP contribution in [0, 0.1) is 0 Å². The van der Waals surface area contributed by atoms with E-state index in [4.69, 9.17) is 4.74 Å². The minimum atomic E-state index is -0.301. The van der Waals surface area contributed by atoms with Crippen molar-refractivity contribution in [3.05, 3.63) is 33.7 Å². The SMILES string of the molecule is O=C(NCc1ccccc1N1CCOCC1)Nc1nnc(Br)s1. The normalized spacial score (nSPS) is 14.6. The Labute approximate surface area is 146 Å². The Balaban J connectivity index is 1.60. The number of morpholine rings is 1. The largest absolute Gasteiger partial charge is 0.378 e. The number of rotatable bonds is 4. The Bertz CT molecular complexity index is 675. The lowest BCUT2D eigenvalue weighted by molar-refractivity contribution is 0.122. The van der Waals surface area contributed by atoms with E-state index in [9.17, 15) is 4.79 Å². The van der Waals surface area contributed by atoms with E-state index in [0.29, 0.717) is 15.6 Å². The molecular weight excluding hydrogens is 382 g/mol. The lowest BCUT2D eigenvalue weighted by atomic mass is 10.1. The van der Waals surface area contributed by atoms with Crippen LogP contribution >= 0.6 is 27.3 Å². The summed E-state index contributed by atoms with van der Waals surface area (Å²) in [6, 6.07) is 7.77. The van der Waals surface area contributed by atoms with Crippen LogP contribution in [0.25, 0.3) is 0 Å². The van der Waals surface area contributed by atoms with Crippen molar-refractivity contribution in [1.82, 2.24) is 15.5 Å². The molecule has 1 aliphatic heterocycles. The van der Waals surface area contributed by atoms with Gasteiger partial charge in [-0.3, -0.25) is 5.32 Å². The second-order valence-corrected chi connectivity index (χ2v) is 7.15. The predicted octanol–water partition coefficient (Wildman–Crippen LogP) is 2.46. The third-order valence-corrected chi connectivity index (χ3v) is 4.67. The van der Waals surface area contributed by atoms with Gasteiger partial charge in [0.15, 0.2) is 3.92 Å². The van der Waals surface area contributed by atoms with Gasteiger partial charge in [0.25, 0.3) is 0 Å². The molecule has 2 heterocycles. The Morgan fingerprint density at radius 2 is 2.09 bits per heavy atom. The number of benzene rings is 1. The molecule has 1 fully saturated rings. The number of carbonyl (C=O) groups excluding carboxylic acids is 1. The summed E-state index contributed by atoms with van der Waals surface area (Å²) in [6.45, 7) is 3.63. The van der Waals surface area contributed by atoms with E-state index in [1.54, 1.807) is 0 Å². The van der Waals surface area contributed by atoms with Crippen molar-refractivity contribution in [2.24, 2.45) is 0 Å². The summed E-state index contributed by atoms with van der Waals surface area (Å²) in [7, 11) is 0. The van der Waals surface area contributed by atoms with Crippen molar-refractivity contribution >= 4 is 44.1 Å². The van der Waals surface area contributed by atoms with Crippen LogP contribution in [0.2, 0.25) is 0 Å². The molecule has 2 amide bonds. The number of carbonyl (C=O) groups is 1. The van der Waals surface area contributed by atoms with Crippen LogP contribution in [0.1, 0.15) is 5.56 Å². The van der Waals surface area contributed by atoms with E-state index >= 15 is 0 Å². The van der Waals surface area contributed by atoms with Gasteiger partial charge in [-0.2, -0.15) is 0 Å². The van der Waals surface area contributed by atoms with Crippen LogP contribution in [-0.2, 0) is 11.3 Å². The molecule has 122 valence electrons. The van der Waals surface area contributed by atoms with Crippen molar-refractivity contribution in [2.45, 2.75) is 6.54 Å². The van der Waals surface area contributed by atoms with Gasteiger partial charge >= 0.3 is 6.03 Å². The lowest BCUT2D eigenvalue weighted by Crippen LogP contribution is -2.37. The number of hydrogen-bond donors (Lipinski definition) is 2. The number of amides is 2. The highest BCUT2D eigenvalue weighted by Gasteiger charge is 2.15. The third kappa shape index (κ3) is 4.40. The summed E-state index contributed by atoms with van der Waals surface area (Å²) in [5.41, 5.74) is 2.21. The lowest BCUT2D eigenvalue weighted by Gasteiger charge is -2.30. The fourth-order valence-electron chi connectivity index (χ4n) is 2.35. The van der Waals surface area contributed by atoms with Crippen molar-refractivity contribution < 1.29 is 9.53 Å². The van der Waals surface area contributed by atoms with Crippen molar-refractivity contribution in [3.63, 3.8) is 0 Å². The highest BCUT2D eigenvalue weighted by atomic mass is 79.9. The summed E-state index contributed by atoms with van der Waals surface area (Å²) >= 11 is 4.47. The summed E-state index contributed by atoms with van der Waals surface area (Å²) < 4.78 is 6.02. The van der Waals surface area contributed by atoms with Gasteiger partial charge < -0.3 is 15.0 Å². The highest BCUT2D eigenvalue weighted by molar-refractivity contribution is 9.11. The Morgan fingerprint density at radius 1 is 1.30 bits per heavy atom. The molecular formula is C14H16BrN5O2S. The molecule has 3 rings (SSSR count). The van der Waals surface area contributed by atoms with Gasteiger partial charge in [0.1, 0.15) is 0 Å². The van der Waals surface area contributed by atoms with Crippen LogP contribution in [0.5, 0.6) is 0 Å². The van der Waals surface area contributed by atoms with E-state index in [-0.39, 0.29) is 6.03 Å². The summed E-state index contributed by atoms with van der Waals surface area (Å²) in [5, 5.41) is 13.6. The van der Waals surface area contributed by atoms with Gasteiger partial charge in [-0.25, -0.2) is 4.79 Å². The summed E-state index contributed by atoms with van der Waals surface area (Å²) in [6.07, 6.45) is 0. The van der Waals surface area contributed by atoms with E-state index in [1.165, 1.54) is 11.3 Å². The molecule has 0 atom stereocenters. The van der Waals surface area contributed by atoms with Gasteiger partial charge in [-0.05, 0) is 27.6 Å². The smallest absolute Gasteiger partial charge is 0.321 e. The van der Waals surface area contributed by atoms with E-state index in [1.807, 2.05) is 18.2 Å². The maximum Gasteiger partial charge on any atom is 0.321 e. The predicted molar refractivity (Wildman–Crippen MR) is 92.9 cm³/mol. The molecule has 2 aromatic rings. The zero-order valence-electron chi connectivity index (χ0n) is 12.3. The van der Waals surface area contributed by atoms with Crippen molar-refractivity contribution in [1.29, 1.82) is 0 Å².